The fourth-order valence-electron chi connectivity index (χ4n) is 6.12. The molecule has 0 amide bonds. The summed E-state index contributed by atoms with van der Waals surface area (Å²) in [6.45, 7) is 19.2. The van der Waals surface area contributed by atoms with Gasteiger partial charge in [0.15, 0.2) is 11.5 Å². The van der Waals surface area contributed by atoms with Crippen LogP contribution in [-0.2, 0) is 19.1 Å². The van der Waals surface area contributed by atoms with Gasteiger partial charge in [-0.3, -0.25) is 9.59 Å². The summed E-state index contributed by atoms with van der Waals surface area (Å²) in [7, 11) is 0. The molecule has 0 aliphatic carbocycles. The molecular weight excluding hydrogens is 596 g/mol. The Morgan fingerprint density at radius 1 is 0.913 bits per heavy atom. The molecule has 0 fully saturated rings. The summed E-state index contributed by atoms with van der Waals surface area (Å²) < 4.78 is 25.5. The van der Waals surface area contributed by atoms with E-state index in [1.807, 2.05) is 10.8 Å². The number of ether oxygens (including phenoxy) is 4. The number of hydrogen-bond donors (Lipinski definition) is 0. The summed E-state index contributed by atoms with van der Waals surface area (Å²) in [5.74, 6) is 3.06. The number of carbonyl (C=O) groups excluding carboxylic acids is 2. The lowest BCUT2D eigenvalue weighted by molar-refractivity contribution is -0.124. The number of fused-ring (bicyclic) bond motifs is 1. The van der Waals surface area contributed by atoms with E-state index >= 15 is 0 Å². The van der Waals surface area contributed by atoms with Crippen LogP contribution in [0.15, 0.2) is 23.1 Å². The quantitative estimate of drug-likeness (QED) is 0.0689. The zero-order valence-electron chi connectivity index (χ0n) is 30.2. The summed E-state index contributed by atoms with van der Waals surface area (Å²) in [6.07, 6.45) is 15.6. The lowest BCUT2D eigenvalue weighted by atomic mass is 9.72. The average Bonchev–Trinajstić information content (AvgIpc) is 3.42. The van der Waals surface area contributed by atoms with Gasteiger partial charge >= 0.3 is 0 Å². The van der Waals surface area contributed by atoms with Gasteiger partial charge in [0.2, 0.25) is 0 Å². The highest BCUT2D eigenvalue weighted by molar-refractivity contribution is 7.08. The summed E-state index contributed by atoms with van der Waals surface area (Å²) in [5, 5.41) is 3.99. The number of hydrogen-bond acceptors (Lipinski definition) is 7. The van der Waals surface area contributed by atoms with Crippen molar-refractivity contribution >= 4 is 22.9 Å². The van der Waals surface area contributed by atoms with Gasteiger partial charge in [0.25, 0.3) is 0 Å². The zero-order chi connectivity index (χ0) is 33.8. The molecule has 7 heteroatoms. The van der Waals surface area contributed by atoms with E-state index in [1.165, 1.54) is 6.42 Å². The van der Waals surface area contributed by atoms with Crippen LogP contribution in [0.25, 0.3) is 0 Å². The molecule has 1 aromatic heterocycles. The van der Waals surface area contributed by atoms with Gasteiger partial charge in [-0.2, -0.15) is 0 Å². The summed E-state index contributed by atoms with van der Waals surface area (Å²) in [6, 6.07) is 0. The molecule has 0 aromatic carbocycles. The van der Waals surface area contributed by atoms with E-state index in [4.69, 9.17) is 18.9 Å². The highest BCUT2D eigenvalue weighted by atomic mass is 32.1. The number of allylic oxidation sites excluding steroid dienone is 1. The third-order valence-corrected chi connectivity index (χ3v) is 10.2. The van der Waals surface area contributed by atoms with E-state index in [1.54, 1.807) is 11.3 Å². The van der Waals surface area contributed by atoms with Crippen LogP contribution in [0, 0.1) is 16.7 Å². The van der Waals surface area contributed by atoms with Crippen LogP contribution in [0.3, 0.4) is 0 Å². The molecular formula is C39H66O6S. The molecule has 0 bridgehead atoms. The van der Waals surface area contributed by atoms with Crippen LogP contribution in [0.5, 0.6) is 11.5 Å². The first kappa shape index (κ1) is 40.3. The van der Waals surface area contributed by atoms with Crippen molar-refractivity contribution in [2.75, 3.05) is 26.4 Å². The van der Waals surface area contributed by atoms with Crippen molar-refractivity contribution in [3.8, 4) is 11.5 Å². The maximum atomic E-state index is 13.1. The van der Waals surface area contributed by atoms with Crippen LogP contribution in [0.1, 0.15) is 151 Å². The van der Waals surface area contributed by atoms with Gasteiger partial charge in [0.05, 0.1) is 43.7 Å². The van der Waals surface area contributed by atoms with Crippen LogP contribution in [0.2, 0.25) is 0 Å². The van der Waals surface area contributed by atoms with Crippen molar-refractivity contribution < 1.29 is 28.5 Å². The number of rotatable bonds is 27. The number of unbranched alkanes of at least 4 members (excludes halogenated alkanes) is 6. The molecule has 0 spiro atoms. The molecule has 1 aromatic rings. The van der Waals surface area contributed by atoms with Gasteiger partial charge in [-0.1, -0.05) is 79.7 Å². The molecule has 3 unspecified atom stereocenters. The first-order valence-corrected chi connectivity index (χ1v) is 19.3. The van der Waals surface area contributed by atoms with Crippen LogP contribution >= 0.6 is 11.3 Å². The third kappa shape index (κ3) is 15.4. The summed E-state index contributed by atoms with van der Waals surface area (Å²) in [5.41, 5.74) is -0.600. The Bertz CT molecular complexity index is 995. The SMILES string of the molecule is C=C(CCCCC)OCC(C)(CCC1(COC(C)CCC(=O)CCCCC)COc2cscc2OC1)CC(C)C(=O)CCCCC. The van der Waals surface area contributed by atoms with Gasteiger partial charge in [-0.25, -0.2) is 0 Å². The highest BCUT2D eigenvalue weighted by Crippen LogP contribution is 2.42. The van der Waals surface area contributed by atoms with Gasteiger partial charge in [0, 0.05) is 47.8 Å². The van der Waals surface area contributed by atoms with Crippen molar-refractivity contribution in [3.05, 3.63) is 23.1 Å². The third-order valence-electron chi connectivity index (χ3n) is 9.54. The van der Waals surface area contributed by atoms with Crippen molar-refractivity contribution in [1.82, 2.24) is 0 Å². The smallest absolute Gasteiger partial charge is 0.171 e. The van der Waals surface area contributed by atoms with Crippen molar-refractivity contribution in [3.63, 3.8) is 0 Å². The minimum Gasteiger partial charge on any atom is -0.498 e. The predicted molar refractivity (Wildman–Crippen MR) is 191 cm³/mol. The molecule has 2 rings (SSSR count). The van der Waals surface area contributed by atoms with Gasteiger partial charge in [-0.05, 0) is 51.9 Å². The molecule has 2 heterocycles. The topological polar surface area (TPSA) is 71.1 Å². The summed E-state index contributed by atoms with van der Waals surface area (Å²) >= 11 is 1.58. The number of Topliss-reactive ketones (excluding diaryl/α,β-unsaturated/α-hetero) is 2. The molecule has 0 N–H and O–H groups in total. The first-order valence-electron chi connectivity index (χ1n) is 18.3. The Morgan fingerprint density at radius 3 is 2.11 bits per heavy atom. The molecule has 3 atom stereocenters. The van der Waals surface area contributed by atoms with Crippen LogP contribution in [0.4, 0.5) is 0 Å². The minimum absolute atomic E-state index is 0.0331. The highest BCUT2D eigenvalue weighted by Gasteiger charge is 2.40. The Kier molecular flexibility index (Phi) is 19.2. The summed E-state index contributed by atoms with van der Waals surface area (Å²) in [4.78, 5) is 25.5. The fourth-order valence-corrected chi connectivity index (χ4v) is 6.80. The van der Waals surface area contributed by atoms with Crippen molar-refractivity contribution in [2.24, 2.45) is 16.7 Å². The Morgan fingerprint density at radius 2 is 1.50 bits per heavy atom. The van der Waals surface area contributed by atoms with Crippen molar-refractivity contribution in [2.45, 2.75) is 157 Å². The van der Waals surface area contributed by atoms with Gasteiger partial charge < -0.3 is 18.9 Å². The molecule has 264 valence electrons. The molecule has 0 saturated carbocycles. The zero-order valence-corrected chi connectivity index (χ0v) is 31.0. The fraction of sp³-hybridized carbons (Fsp3) is 0.795. The second-order valence-electron chi connectivity index (χ2n) is 14.5. The Balaban J connectivity index is 2.13. The van der Waals surface area contributed by atoms with E-state index < -0.39 is 0 Å². The lowest BCUT2D eigenvalue weighted by Gasteiger charge is -2.38. The minimum atomic E-state index is -0.371. The normalized spacial score (nSPS) is 16.7. The van der Waals surface area contributed by atoms with E-state index in [0.717, 1.165) is 101 Å². The standard InChI is InChI=1S/C39H66O6S/c1-8-11-14-17-32(5)42-27-38(7,24-31(4)35(41)19-16-13-10-3)22-23-39(29-44-36-25-46-26-37(36)45-30-39)28-43-33(6)20-21-34(40)18-15-12-9-2/h25-26,31,33H,5,8-24,27-30H2,1-4,6-7H3. The van der Waals surface area contributed by atoms with Crippen molar-refractivity contribution in [1.29, 1.82) is 0 Å². The molecule has 46 heavy (non-hydrogen) atoms. The van der Waals surface area contributed by atoms with E-state index in [-0.39, 0.29) is 22.9 Å². The second-order valence-corrected chi connectivity index (χ2v) is 15.2. The van der Waals surface area contributed by atoms with E-state index in [0.29, 0.717) is 57.3 Å². The largest absolute Gasteiger partial charge is 0.498 e. The lowest BCUT2D eigenvalue weighted by Crippen LogP contribution is -2.41. The number of carbonyl (C=O) groups is 2. The molecule has 1 aliphatic rings. The van der Waals surface area contributed by atoms with Gasteiger partial charge in [-0.15, -0.1) is 11.3 Å². The van der Waals surface area contributed by atoms with Crippen LogP contribution in [-0.4, -0.2) is 44.1 Å². The predicted octanol–water partition coefficient (Wildman–Crippen LogP) is 10.9. The van der Waals surface area contributed by atoms with E-state index in [9.17, 15) is 9.59 Å². The molecule has 6 nitrogen and oxygen atoms in total. The maximum Gasteiger partial charge on any atom is 0.171 e. The Labute approximate surface area is 285 Å². The van der Waals surface area contributed by atoms with Gasteiger partial charge in [0.1, 0.15) is 11.6 Å². The van der Waals surface area contributed by atoms with E-state index in [2.05, 4.69) is 48.1 Å². The Hall–Kier alpha value is -1.86. The molecule has 1 aliphatic heterocycles. The molecule has 0 radical (unpaired) electrons. The number of ketones is 2. The number of thiophene rings is 1. The second kappa shape index (κ2) is 21.9. The maximum absolute atomic E-state index is 13.1. The average molecular weight is 663 g/mol. The monoisotopic (exact) mass is 662 g/mol. The van der Waals surface area contributed by atoms with Crippen LogP contribution < -0.4 is 9.47 Å². The first-order chi connectivity index (χ1) is 22.0. The molecule has 0 saturated heterocycles.